The van der Waals surface area contributed by atoms with E-state index < -0.39 is 11.0 Å². The molecule has 20 heavy (non-hydrogen) atoms. The molecule has 3 heterocycles. The molecule has 1 atom stereocenters. The number of pyridine rings is 1. The average molecular weight is 296 g/mol. The summed E-state index contributed by atoms with van der Waals surface area (Å²) in [7, 11) is -1.11. The van der Waals surface area contributed by atoms with Crippen LogP contribution in [-0.4, -0.2) is 36.6 Å². The van der Waals surface area contributed by atoms with E-state index in [1.165, 1.54) is 0 Å². The number of hydrogen-bond acceptors (Lipinski definition) is 4. The van der Waals surface area contributed by atoms with E-state index >= 15 is 0 Å². The first-order chi connectivity index (χ1) is 9.38. The van der Waals surface area contributed by atoms with E-state index in [1.807, 2.05) is 37.2 Å². The molecule has 1 spiro atoms. The van der Waals surface area contributed by atoms with Crippen LogP contribution < -0.4 is 0 Å². The molecule has 1 N–H and O–H groups in total. The van der Waals surface area contributed by atoms with Crippen LogP contribution in [0, 0.1) is 0 Å². The van der Waals surface area contributed by atoms with Crippen molar-refractivity contribution in [3.05, 3.63) is 29.1 Å². The van der Waals surface area contributed by atoms with Gasteiger partial charge in [-0.1, -0.05) is 6.07 Å². The fraction of sp³-hybridized carbons (Fsp3) is 0.643. The molecule has 2 aliphatic rings. The summed E-state index contributed by atoms with van der Waals surface area (Å²) < 4.78 is 19.9. The van der Waals surface area contributed by atoms with Crippen molar-refractivity contribution in [2.45, 2.75) is 44.2 Å². The molecule has 3 rings (SSSR count). The Morgan fingerprint density at radius 1 is 1.45 bits per heavy atom. The molecular formula is C14H20N2O3S. The first kappa shape index (κ1) is 14.1. The van der Waals surface area contributed by atoms with Crippen LogP contribution >= 0.6 is 0 Å². The monoisotopic (exact) mass is 296 g/mol. The average Bonchev–Trinajstić information content (AvgIpc) is 2.69. The summed E-state index contributed by atoms with van der Waals surface area (Å²) in [6.07, 6.45) is 0. The minimum atomic E-state index is -1.11. The van der Waals surface area contributed by atoms with Gasteiger partial charge in [0, 0.05) is 6.54 Å². The molecule has 0 radical (unpaired) electrons. The van der Waals surface area contributed by atoms with Crippen molar-refractivity contribution in [3.63, 3.8) is 0 Å². The quantitative estimate of drug-likeness (QED) is 0.887. The molecule has 1 aromatic rings. The van der Waals surface area contributed by atoms with Crippen LogP contribution in [0.2, 0.25) is 0 Å². The molecule has 0 saturated carbocycles. The fourth-order valence-corrected chi connectivity index (χ4v) is 4.12. The lowest BCUT2D eigenvalue weighted by Crippen LogP contribution is -2.58. The van der Waals surface area contributed by atoms with Crippen LogP contribution in [-0.2, 0) is 34.4 Å². The predicted molar refractivity (Wildman–Crippen MR) is 76.1 cm³/mol. The molecule has 1 fully saturated rings. The third-order valence-corrected chi connectivity index (χ3v) is 5.76. The molecule has 0 aliphatic carbocycles. The number of nitrogens with zero attached hydrogens (tertiary/aromatic N) is 2. The minimum absolute atomic E-state index is 0.0768. The van der Waals surface area contributed by atoms with E-state index in [0.29, 0.717) is 25.5 Å². The Kier molecular flexibility index (Phi) is 3.25. The van der Waals surface area contributed by atoms with Gasteiger partial charge in [0.2, 0.25) is 0 Å². The Labute approximate surface area is 121 Å². The highest BCUT2D eigenvalue weighted by atomic mass is 32.2. The van der Waals surface area contributed by atoms with Crippen molar-refractivity contribution in [1.29, 1.82) is 0 Å². The van der Waals surface area contributed by atoms with E-state index in [2.05, 4.69) is 4.98 Å². The first-order valence-corrected chi connectivity index (χ1v) is 7.87. The Balaban J connectivity index is 2.03. The second kappa shape index (κ2) is 4.59. The Morgan fingerprint density at radius 3 is 2.65 bits per heavy atom. The summed E-state index contributed by atoms with van der Waals surface area (Å²) in [5.74, 6) is 0. The number of fused-ring (bicyclic) bond motifs is 2. The van der Waals surface area contributed by atoms with Gasteiger partial charge in [0.1, 0.15) is 16.5 Å². The second-order valence-electron chi connectivity index (χ2n) is 6.39. The maximum absolute atomic E-state index is 12.8. The van der Waals surface area contributed by atoms with Crippen molar-refractivity contribution in [2.75, 3.05) is 13.2 Å². The molecule has 6 heteroatoms. The number of aliphatic hydroxyl groups excluding tert-OH is 1. The summed E-state index contributed by atoms with van der Waals surface area (Å²) in [6, 6.07) is 3.81. The van der Waals surface area contributed by atoms with Gasteiger partial charge >= 0.3 is 0 Å². The van der Waals surface area contributed by atoms with Crippen LogP contribution in [0.25, 0.3) is 0 Å². The van der Waals surface area contributed by atoms with Crippen molar-refractivity contribution in [1.82, 2.24) is 9.29 Å². The SMILES string of the molecule is CC(C)(C)S(=O)N1Cc2ccc(CO)nc2C12COC2. The minimum Gasteiger partial charge on any atom is -0.390 e. The number of aliphatic hydroxyl groups is 1. The Morgan fingerprint density at radius 2 is 2.15 bits per heavy atom. The molecular weight excluding hydrogens is 276 g/mol. The molecule has 110 valence electrons. The van der Waals surface area contributed by atoms with Crippen LogP contribution in [0.1, 0.15) is 37.7 Å². The molecule has 0 amide bonds. The zero-order valence-corrected chi connectivity index (χ0v) is 12.9. The molecule has 5 nitrogen and oxygen atoms in total. The van der Waals surface area contributed by atoms with Crippen LogP contribution in [0.4, 0.5) is 0 Å². The van der Waals surface area contributed by atoms with Crippen molar-refractivity contribution in [3.8, 4) is 0 Å². The number of hydrogen-bond donors (Lipinski definition) is 1. The largest absolute Gasteiger partial charge is 0.390 e. The first-order valence-electron chi connectivity index (χ1n) is 6.76. The van der Waals surface area contributed by atoms with Crippen LogP contribution in [0.3, 0.4) is 0 Å². The van der Waals surface area contributed by atoms with Crippen molar-refractivity contribution in [2.24, 2.45) is 0 Å². The standard InChI is InChI=1S/C14H20N2O3S/c1-13(2,3)20(18)16-6-10-4-5-11(7-17)15-12(10)14(16)8-19-9-14/h4-5,17H,6-9H2,1-3H3. The molecule has 1 aromatic heterocycles. The molecule has 2 aliphatic heterocycles. The number of rotatable bonds is 2. The van der Waals surface area contributed by atoms with Gasteiger partial charge in [0.15, 0.2) is 0 Å². The van der Waals surface area contributed by atoms with Crippen LogP contribution in [0.5, 0.6) is 0 Å². The Hall–Kier alpha value is -0.820. The lowest BCUT2D eigenvalue weighted by Gasteiger charge is -2.45. The van der Waals surface area contributed by atoms with Gasteiger partial charge in [-0.15, -0.1) is 0 Å². The topological polar surface area (TPSA) is 62.7 Å². The zero-order chi connectivity index (χ0) is 14.5. The smallest absolute Gasteiger partial charge is 0.123 e. The van der Waals surface area contributed by atoms with Gasteiger partial charge in [-0.25, -0.2) is 8.51 Å². The summed E-state index contributed by atoms with van der Waals surface area (Å²) in [4.78, 5) is 4.56. The second-order valence-corrected chi connectivity index (χ2v) is 8.55. The van der Waals surface area contributed by atoms with Crippen molar-refractivity contribution < 1.29 is 14.1 Å². The van der Waals surface area contributed by atoms with Crippen LogP contribution in [0.15, 0.2) is 12.1 Å². The molecule has 0 bridgehead atoms. The third kappa shape index (κ3) is 1.94. The van der Waals surface area contributed by atoms with E-state index in [9.17, 15) is 9.32 Å². The third-order valence-electron chi connectivity index (χ3n) is 3.84. The van der Waals surface area contributed by atoms with Gasteiger partial charge in [-0.05, 0) is 32.4 Å². The van der Waals surface area contributed by atoms with Gasteiger partial charge in [-0.2, -0.15) is 0 Å². The maximum Gasteiger partial charge on any atom is 0.123 e. The normalized spacial score (nSPS) is 22.6. The van der Waals surface area contributed by atoms with Gasteiger partial charge in [0.25, 0.3) is 0 Å². The van der Waals surface area contributed by atoms with E-state index in [0.717, 1.165) is 11.3 Å². The van der Waals surface area contributed by atoms with E-state index in [-0.39, 0.29) is 16.9 Å². The van der Waals surface area contributed by atoms with Crippen molar-refractivity contribution >= 4 is 11.0 Å². The molecule has 1 unspecified atom stereocenters. The number of ether oxygens (including phenoxy) is 1. The summed E-state index contributed by atoms with van der Waals surface area (Å²) in [5.41, 5.74) is 2.29. The number of aromatic nitrogens is 1. The van der Waals surface area contributed by atoms with E-state index in [1.54, 1.807) is 0 Å². The highest BCUT2D eigenvalue weighted by Crippen LogP contribution is 2.45. The summed E-state index contributed by atoms with van der Waals surface area (Å²) in [6.45, 7) is 7.52. The summed E-state index contributed by atoms with van der Waals surface area (Å²) >= 11 is 0. The van der Waals surface area contributed by atoms with Gasteiger partial charge in [-0.3, -0.25) is 4.98 Å². The highest BCUT2D eigenvalue weighted by Gasteiger charge is 2.56. The Bertz CT molecular complexity index is 564. The van der Waals surface area contributed by atoms with E-state index in [4.69, 9.17) is 4.74 Å². The fourth-order valence-electron chi connectivity index (χ4n) is 2.70. The van der Waals surface area contributed by atoms with Gasteiger partial charge < -0.3 is 9.84 Å². The summed E-state index contributed by atoms with van der Waals surface area (Å²) in [5, 5.41) is 9.27. The maximum atomic E-state index is 12.8. The zero-order valence-electron chi connectivity index (χ0n) is 12.0. The highest BCUT2D eigenvalue weighted by molar-refractivity contribution is 7.84. The molecule has 1 saturated heterocycles. The lowest BCUT2D eigenvalue weighted by molar-refractivity contribution is -0.111. The lowest BCUT2D eigenvalue weighted by atomic mass is 9.93. The molecule has 0 aromatic carbocycles. The van der Waals surface area contributed by atoms with Gasteiger partial charge in [0.05, 0.1) is 36.0 Å². The predicted octanol–water partition coefficient (Wildman–Crippen LogP) is 1.08.